The van der Waals surface area contributed by atoms with Crippen LogP contribution in [0.15, 0.2) is 35.3 Å². The Balaban J connectivity index is 0. The van der Waals surface area contributed by atoms with Gasteiger partial charge >= 0.3 is 11.9 Å². The van der Waals surface area contributed by atoms with Crippen LogP contribution in [0.3, 0.4) is 0 Å². The Morgan fingerprint density at radius 1 is 1.19 bits per heavy atom. The molecule has 0 aromatic rings. The van der Waals surface area contributed by atoms with Crippen molar-refractivity contribution in [3.8, 4) is 0 Å². The highest BCUT2D eigenvalue weighted by Gasteiger charge is 2.14. The number of hydrogen-bond donors (Lipinski definition) is 3. The molecule has 0 heterocycles. The van der Waals surface area contributed by atoms with E-state index < -0.39 is 11.9 Å². The Morgan fingerprint density at radius 2 is 1.62 bits per heavy atom. The number of rotatable bonds is 5. The molecule has 6 heteroatoms. The molecule has 16 heavy (non-hydrogen) atoms. The molecule has 4 nitrogen and oxygen atoms in total. The summed E-state index contributed by atoms with van der Waals surface area (Å²) in [5, 5.41) is 18.9. The minimum Gasteiger partial charge on any atom is -0.478 e. The van der Waals surface area contributed by atoms with Gasteiger partial charge in [-0.15, -0.1) is 11.8 Å². The number of carboxylic acids is 2. The molecule has 0 bridgehead atoms. The fourth-order valence-electron chi connectivity index (χ4n) is 0.725. The van der Waals surface area contributed by atoms with Crippen molar-refractivity contribution < 1.29 is 19.8 Å². The maximum atomic E-state index is 10.7. The molecule has 0 unspecified atom stereocenters. The van der Waals surface area contributed by atoms with Crippen LogP contribution in [0.5, 0.6) is 0 Å². The first kappa shape index (κ1) is 17.3. The van der Waals surface area contributed by atoms with Gasteiger partial charge in [-0.05, 0) is 24.0 Å². The molecular weight excluding hydrogens is 248 g/mol. The Labute approximate surface area is 104 Å². The molecule has 0 radical (unpaired) electrons. The lowest BCUT2D eigenvalue weighted by Gasteiger charge is -1.99. The van der Waals surface area contributed by atoms with E-state index in [1.165, 1.54) is 23.2 Å². The molecule has 2 N–H and O–H groups in total. The average Bonchev–Trinajstić information content (AvgIpc) is 2.25. The van der Waals surface area contributed by atoms with Crippen LogP contribution in [0.2, 0.25) is 0 Å². The Morgan fingerprint density at radius 3 is 1.88 bits per heavy atom. The van der Waals surface area contributed by atoms with Gasteiger partial charge < -0.3 is 10.2 Å². The number of thioether (sulfide) groups is 1. The number of carboxylic acid groups (broad SMARTS) is 2. The van der Waals surface area contributed by atoms with Crippen molar-refractivity contribution in [2.75, 3.05) is 12.5 Å². The second kappa shape index (κ2) is 10.4. The molecule has 0 aliphatic rings. The average molecular weight is 262 g/mol. The lowest BCUT2D eigenvalue weighted by Crippen LogP contribution is -2.08. The van der Waals surface area contributed by atoms with E-state index in [1.54, 1.807) is 12.5 Å². The fourth-order valence-corrected chi connectivity index (χ4v) is 0.997. The van der Waals surface area contributed by atoms with E-state index in [-0.39, 0.29) is 11.1 Å². The minimum atomic E-state index is -1.30. The van der Waals surface area contributed by atoms with Gasteiger partial charge in [0.05, 0.1) is 11.1 Å². The summed E-state index contributed by atoms with van der Waals surface area (Å²) >= 11 is 4.81. The van der Waals surface area contributed by atoms with E-state index >= 15 is 0 Å². The van der Waals surface area contributed by atoms with Gasteiger partial charge in [-0.1, -0.05) is 12.7 Å². The number of carbonyl (C=O) groups is 2. The van der Waals surface area contributed by atoms with E-state index in [0.717, 1.165) is 6.08 Å². The molecule has 0 spiro atoms. The molecular formula is C10H14O4S2. The van der Waals surface area contributed by atoms with Gasteiger partial charge in [0.2, 0.25) is 0 Å². The highest BCUT2D eigenvalue weighted by Crippen LogP contribution is 2.10. The zero-order valence-electron chi connectivity index (χ0n) is 9.01. The normalized spacial score (nSPS) is 11.2. The van der Waals surface area contributed by atoms with Crippen molar-refractivity contribution >= 4 is 36.3 Å². The number of aliphatic carboxylic acids is 2. The summed E-state index contributed by atoms with van der Waals surface area (Å²) in [7, 11) is 0. The zero-order chi connectivity index (χ0) is 13.1. The summed E-state index contributed by atoms with van der Waals surface area (Å²) in [6, 6.07) is 0. The first-order chi connectivity index (χ1) is 7.54. The standard InChI is InChI=1S/C9H10O4S.CH4S/c1-3-6(8(10)11)7(9(12)13)4-5-14-2;1-2/h3-5H,1H2,2H3,(H,10,11)(H,12,13);2H,1H3/b5-4-,7-6-;. The van der Waals surface area contributed by atoms with Crippen LogP contribution in [0.1, 0.15) is 0 Å². The predicted molar refractivity (Wildman–Crippen MR) is 70.1 cm³/mol. The molecule has 0 fully saturated rings. The number of thiol groups is 1. The highest BCUT2D eigenvalue weighted by atomic mass is 32.2. The molecule has 0 saturated carbocycles. The van der Waals surface area contributed by atoms with E-state index in [9.17, 15) is 9.59 Å². The molecule has 0 aliphatic carbocycles. The fraction of sp³-hybridized carbons (Fsp3) is 0.200. The summed E-state index contributed by atoms with van der Waals surface area (Å²) in [6.45, 7) is 3.25. The van der Waals surface area contributed by atoms with Crippen molar-refractivity contribution in [3.63, 3.8) is 0 Å². The summed E-state index contributed by atoms with van der Waals surface area (Å²) in [5.74, 6) is -2.59. The second-order valence-electron chi connectivity index (χ2n) is 2.18. The van der Waals surface area contributed by atoms with Crippen molar-refractivity contribution in [2.24, 2.45) is 0 Å². The van der Waals surface area contributed by atoms with Crippen molar-refractivity contribution in [1.82, 2.24) is 0 Å². The van der Waals surface area contributed by atoms with E-state index in [1.807, 2.05) is 0 Å². The summed E-state index contributed by atoms with van der Waals surface area (Å²) < 4.78 is 0. The predicted octanol–water partition coefficient (Wildman–Crippen LogP) is 2.06. The van der Waals surface area contributed by atoms with Gasteiger partial charge in [0.15, 0.2) is 0 Å². The van der Waals surface area contributed by atoms with E-state index in [4.69, 9.17) is 10.2 Å². The van der Waals surface area contributed by atoms with Gasteiger partial charge in [0.1, 0.15) is 0 Å². The molecule has 0 saturated heterocycles. The smallest absolute Gasteiger partial charge is 0.336 e. The van der Waals surface area contributed by atoms with Gasteiger partial charge in [-0.2, -0.15) is 12.6 Å². The van der Waals surface area contributed by atoms with Crippen LogP contribution < -0.4 is 0 Å². The summed E-state index contributed by atoms with van der Waals surface area (Å²) in [5.41, 5.74) is -0.593. The molecule has 0 aliphatic heterocycles. The quantitative estimate of drug-likeness (QED) is 0.402. The first-order valence-corrected chi connectivity index (χ1v) is 6.20. The van der Waals surface area contributed by atoms with Crippen molar-refractivity contribution in [2.45, 2.75) is 0 Å². The first-order valence-electron chi connectivity index (χ1n) is 4.02. The maximum absolute atomic E-state index is 10.7. The molecule has 0 atom stereocenters. The largest absolute Gasteiger partial charge is 0.478 e. The second-order valence-corrected chi connectivity index (χ2v) is 2.92. The highest BCUT2D eigenvalue weighted by molar-refractivity contribution is 8.01. The maximum Gasteiger partial charge on any atom is 0.336 e. The zero-order valence-corrected chi connectivity index (χ0v) is 10.7. The van der Waals surface area contributed by atoms with E-state index in [0.29, 0.717) is 0 Å². The van der Waals surface area contributed by atoms with Crippen LogP contribution in [0.4, 0.5) is 0 Å². The van der Waals surface area contributed by atoms with Gasteiger partial charge in [-0.25, -0.2) is 9.59 Å². The Bertz CT molecular complexity index is 319. The van der Waals surface area contributed by atoms with Crippen LogP contribution >= 0.6 is 24.4 Å². The van der Waals surface area contributed by atoms with Crippen LogP contribution in [0.25, 0.3) is 0 Å². The van der Waals surface area contributed by atoms with E-state index in [2.05, 4.69) is 19.2 Å². The third kappa shape index (κ3) is 6.36. The topological polar surface area (TPSA) is 74.6 Å². The van der Waals surface area contributed by atoms with Gasteiger partial charge in [0, 0.05) is 0 Å². The van der Waals surface area contributed by atoms with Gasteiger partial charge in [0.25, 0.3) is 0 Å². The SMILES string of the molecule is C=C/C(C(=O)O)=C(\C=C/SC)C(=O)O.CS. The Kier molecular flexibility index (Phi) is 11.2. The molecule has 0 amide bonds. The monoisotopic (exact) mass is 262 g/mol. The van der Waals surface area contributed by atoms with Crippen LogP contribution in [-0.2, 0) is 9.59 Å². The number of hydrogen-bond acceptors (Lipinski definition) is 4. The van der Waals surface area contributed by atoms with Crippen molar-refractivity contribution in [1.29, 1.82) is 0 Å². The summed E-state index contributed by atoms with van der Waals surface area (Å²) in [6.07, 6.45) is 5.68. The molecule has 0 aromatic carbocycles. The third-order valence-electron chi connectivity index (χ3n) is 1.33. The van der Waals surface area contributed by atoms with Crippen molar-refractivity contribution in [3.05, 3.63) is 35.3 Å². The molecule has 90 valence electrons. The lowest BCUT2D eigenvalue weighted by molar-refractivity contribution is -0.135. The Hall–Kier alpha value is -1.14. The van der Waals surface area contributed by atoms with Gasteiger partial charge in [-0.3, -0.25) is 0 Å². The molecule has 0 aromatic heterocycles. The minimum absolute atomic E-state index is 0.276. The van der Waals surface area contributed by atoms with Crippen LogP contribution in [0, 0.1) is 0 Å². The molecule has 0 rings (SSSR count). The van der Waals surface area contributed by atoms with Crippen LogP contribution in [-0.4, -0.2) is 34.7 Å². The summed E-state index contributed by atoms with van der Waals surface area (Å²) in [4.78, 5) is 21.3. The lowest BCUT2D eigenvalue weighted by atomic mass is 10.1. The third-order valence-corrected chi connectivity index (χ3v) is 1.73.